The van der Waals surface area contributed by atoms with Crippen LogP contribution >= 0.6 is 0 Å². The topological polar surface area (TPSA) is 59.0 Å². The Kier molecular flexibility index (Phi) is 6.21. The summed E-state index contributed by atoms with van der Waals surface area (Å²) in [6.45, 7) is 1.72. The van der Waals surface area contributed by atoms with Crippen LogP contribution in [-0.4, -0.2) is 42.7 Å². The fourth-order valence-electron chi connectivity index (χ4n) is 2.29. The maximum absolute atomic E-state index is 12.3. The first-order chi connectivity index (χ1) is 11.5. The molecule has 0 fully saturated rings. The van der Waals surface area contributed by atoms with Crippen molar-refractivity contribution in [1.82, 2.24) is 4.90 Å². The van der Waals surface area contributed by atoms with Crippen LogP contribution in [0.25, 0.3) is 0 Å². The summed E-state index contributed by atoms with van der Waals surface area (Å²) >= 11 is 0. The molecule has 2 aromatic carbocycles. The SMILES string of the molecule is COc1ccc(OCC(=O)N(C)C(C)C(O)c2ccccc2)cc1. The first-order valence-electron chi connectivity index (χ1n) is 7.78. The van der Waals surface area contributed by atoms with Crippen LogP contribution in [0.3, 0.4) is 0 Å². The number of rotatable bonds is 7. The minimum Gasteiger partial charge on any atom is -0.497 e. The number of benzene rings is 2. The molecule has 1 amide bonds. The summed E-state index contributed by atoms with van der Waals surface area (Å²) in [5.74, 6) is 1.12. The number of hydrogen-bond donors (Lipinski definition) is 1. The van der Waals surface area contributed by atoms with E-state index in [-0.39, 0.29) is 18.6 Å². The average Bonchev–Trinajstić information content (AvgIpc) is 2.65. The molecule has 0 spiro atoms. The number of amides is 1. The van der Waals surface area contributed by atoms with E-state index in [1.165, 1.54) is 4.90 Å². The van der Waals surface area contributed by atoms with Crippen molar-refractivity contribution in [3.63, 3.8) is 0 Å². The van der Waals surface area contributed by atoms with Gasteiger partial charge in [0, 0.05) is 7.05 Å². The van der Waals surface area contributed by atoms with Crippen LogP contribution in [0.2, 0.25) is 0 Å². The fraction of sp³-hybridized carbons (Fsp3) is 0.316. The standard InChI is InChI=1S/C19H23NO4/c1-14(19(22)15-7-5-4-6-8-15)20(2)18(21)13-24-17-11-9-16(23-3)10-12-17/h4-12,14,19,22H,13H2,1-3H3. The smallest absolute Gasteiger partial charge is 0.260 e. The van der Waals surface area contributed by atoms with Gasteiger partial charge in [-0.15, -0.1) is 0 Å². The zero-order valence-corrected chi connectivity index (χ0v) is 14.2. The number of methoxy groups -OCH3 is 1. The summed E-state index contributed by atoms with van der Waals surface area (Å²) < 4.78 is 10.6. The molecule has 0 saturated carbocycles. The van der Waals surface area contributed by atoms with Gasteiger partial charge in [0.15, 0.2) is 6.61 Å². The van der Waals surface area contributed by atoms with Crippen molar-refractivity contribution >= 4 is 5.91 Å². The summed E-state index contributed by atoms with van der Waals surface area (Å²) in [6.07, 6.45) is -0.749. The minimum atomic E-state index is -0.749. The van der Waals surface area contributed by atoms with Crippen molar-refractivity contribution in [2.45, 2.75) is 19.1 Å². The number of aliphatic hydroxyl groups is 1. The maximum atomic E-state index is 12.3. The second kappa shape index (κ2) is 8.36. The van der Waals surface area contributed by atoms with E-state index < -0.39 is 6.10 Å². The van der Waals surface area contributed by atoms with Gasteiger partial charge in [-0.25, -0.2) is 0 Å². The molecule has 0 aliphatic heterocycles. The molecule has 0 aromatic heterocycles. The molecule has 0 aliphatic rings. The van der Waals surface area contributed by atoms with E-state index in [4.69, 9.17) is 9.47 Å². The fourth-order valence-corrected chi connectivity index (χ4v) is 2.29. The number of nitrogens with zero attached hydrogens (tertiary/aromatic N) is 1. The van der Waals surface area contributed by atoms with Gasteiger partial charge in [0.2, 0.25) is 0 Å². The third-order valence-electron chi connectivity index (χ3n) is 4.02. The van der Waals surface area contributed by atoms with Crippen molar-refractivity contribution in [3.05, 3.63) is 60.2 Å². The van der Waals surface area contributed by atoms with E-state index in [0.29, 0.717) is 5.75 Å². The molecule has 0 bridgehead atoms. The average molecular weight is 329 g/mol. The van der Waals surface area contributed by atoms with Gasteiger partial charge in [-0.3, -0.25) is 4.79 Å². The second-order valence-electron chi connectivity index (χ2n) is 5.56. The molecule has 2 unspecified atom stereocenters. The van der Waals surface area contributed by atoms with Gasteiger partial charge in [0.25, 0.3) is 5.91 Å². The maximum Gasteiger partial charge on any atom is 0.260 e. The highest BCUT2D eigenvalue weighted by Gasteiger charge is 2.24. The minimum absolute atomic E-state index is 0.0886. The van der Waals surface area contributed by atoms with Gasteiger partial charge in [0.1, 0.15) is 11.5 Å². The quantitative estimate of drug-likeness (QED) is 0.848. The lowest BCUT2D eigenvalue weighted by Gasteiger charge is -2.29. The lowest BCUT2D eigenvalue weighted by atomic mass is 10.0. The zero-order valence-electron chi connectivity index (χ0n) is 14.2. The van der Waals surface area contributed by atoms with E-state index >= 15 is 0 Å². The summed E-state index contributed by atoms with van der Waals surface area (Å²) in [4.78, 5) is 13.8. The molecule has 2 rings (SSSR count). The van der Waals surface area contributed by atoms with E-state index in [1.807, 2.05) is 37.3 Å². The van der Waals surface area contributed by atoms with E-state index in [1.54, 1.807) is 38.4 Å². The molecule has 0 aliphatic carbocycles. The van der Waals surface area contributed by atoms with Gasteiger partial charge >= 0.3 is 0 Å². The molecular weight excluding hydrogens is 306 g/mol. The third kappa shape index (κ3) is 4.49. The van der Waals surface area contributed by atoms with Gasteiger partial charge in [-0.05, 0) is 36.8 Å². The number of aliphatic hydroxyl groups excluding tert-OH is 1. The van der Waals surface area contributed by atoms with Gasteiger partial charge in [-0.1, -0.05) is 30.3 Å². The summed E-state index contributed by atoms with van der Waals surface area (Å²) in [7, 11) is 3.25. The number of ether oxygens (including phenoxy) is 2. The normalized spacial score (nSPS) is 13.0. The largest absolute Gasteiger partial charge is 0.497 e. The van der Waals surface area contributed by atoms with Crippen LogP contribution in [0.5, 0.6) is 11.5 Å². The molecule has 24 heavy (non-hydrogen) atoms. The van der Waals surface area contributed by atoms with Crippen LogP contribution < -0.4 is 9.47 Å². The van der Waals surface area contributed by atoms with E-state index in [2.05, 4.69) is 0 Å². The number of carbonyl (C=O) groups excluding carboxylic acids is 1. The second-order valence-corrected chi connectivity index (χ2v) is 5.56. The van der Waals surface area contributed by atoms with Crippen LogP contribution in [-0.2, 0) is 4.79 Å². The lowest BCUT2D eigenvalue weighted by molar-refractivity contribution is -0.136. The van der Waals surface area contributed by atoms with Crippen molar-refractivity contribution in [3.8, 4) is 11.5 Å². The molecular formula is C19H23NO4. The molecule has 0 heterocycles. The molecule has 128 valence electrons. The Labute approximate surface area is 142 Å². The van der Waals surface area contributed by atoms with E-state index in [0.717, 1.165) is 11.3 Å². The van der Waals surface area contributed by atoms with Crippen molar-refractivity contribution in [2.75, 3.05) is 20.8 Å². The Morgan fingerprint density at radius 1 is 1.08 bits per heavy atom. The number of carbonyl (C=O) groups is 1. The number of hydrogen-bond acceptors (Lipinski definition) is 4. The highest BCUT2D eigenvalue weighted by Crippen LogP contribution is 2.20. The molecule has 1 N–H and O–H groups in total. The Morgan fingerprint density at radius 2 is 1.67 bits per heavy atom. The van der Waals surface area contributed by atoms with Gasteiger partial charge < -0.3 is 19.5 Å². The van der Waals surface area contributed by atoms with Crippen LogP contribution in [0.1, 0.15) is 18.6 Å². The Morgan fingerprint density at radius 3 is 2.25 bits per heavy atom. The van der Waals surface area contributed by atoms with Crippen molar-refractivity contribution < 1.29 is 19.4 Å². The van der Waals surface area contributed by atoms with Crippen molar-refractivity contribution in [2.24, 2.45) is 0 Å². The highest BCUT2D eigenvalue weighted by atomic mass is 16.5. The van der Waals surface area contributed by atoms with E-state index in [9.17, 15) is 9.90 Å². The highest BCUT2D eigenvalue weighted by molar-refractivity contribution is 5.77. The Bertz CT molecular complexity index is 642. The Hall–Kier alpha value is -2.53. The van der Waals surface area contributed by atoms with Gasteiger partial charge in [0.05, 0.1) is 19.3 Å². The Balaban J connectivity index is 1.90. The monoisotopic (exact) mass is 329 g/mol. The molecule has 0 saturated heterocycles. The molecule has 0 radical (unpaired) electrons. The van der Waals surface area contributed by atoms with Crippen LogP contribution in [0.4, 0.5) is 0 Å². The predicted octanol–water partition coefficient (Wildman–Crippen LogP) is 2.65. The first-order valence-corrected chi connectivity index (χ1v) is 7.78. The summed E-state index contributed by atoms with van der Waals surface area (Å²) in [5, 5.41) is 10.4. The third-order valence-corrected chi connectivity index (χ3v) is 4.02. The zero-order chi connectivity index (χ0) is 17.5. The molecule has 2 atom stereocenters. The molecule has 5 nitrogen and oxygen atoms in total. The van der Waals surface area contributed by atoms with Crippen molar-refractivity contribution in [1.29, 1.82) is 0 Å². The van der Waals surface area contributed by atoms with Gasteiger partial charge in [-0.2, -0.15) is 0 Å². The first kappa shape index (κ1) is 17.8. The lowest BCUT2D eigenvalue weighted by Crippen LogP contribution is -2.41. The molecule has 2 aromatic rings. The molecule has 5 heteroatoms. The van der Waals surface area contributed by atoms with Crippen LogP contribution in [0, 0.1) is 0 Å². The summed E-state index contributed by atoms with van der Waals surface area (Å²) in [5.41, 5.74) is 0.778. The predicted molar refractivity (Wildman–Crippen MR) is 92.1 cm³/mol. The summed E-state index contributed by atoms with van der Waals surface area (Å²) in [6, 6.07) is 16.0. The number of likely N-dealkylation sites (N-methyl/N-ethyl adjacent to an activating group) is 1. The van der Waals surface area contributed by atoms with Crippen LogP contribution in [0.15, 0.2) is 54.6 Å².